The highest BCUT2D eigenvalue weighted by molar-refractivity contribution is 5.97. The minimum absolute atomic E-state index is 0.0437. The quantitative estimate of drug-likeness (QED) is 0.218. The summed E-state index contributed by atoms with van der Waals surface area (Å²) in [6.07, 6.45) is 6.60. The second-order valence-corrected chi connectivity index (χ2v) is 9.98. The first-order valence-electron chi connectivity index (χ1n) is 13.2. The number of rotatable bonds is 14. The number of phenols is 1. The van der Waals surface area contributed by atoms with Gasteiger partial charge >= 0.3 is 5.97 Å². The van der Waals surface area contributed by atoms with Crippen LogP contribution in [0.1, 0.15) is 55.1 Å². The normalized spacial score (nSPS) is 19.6. The Hall–Kier alpha value is -3.59. The number of carbonyl (C=O) groups excluding carboxylic acids is 1. The number of ether oxygens (including phenoxy) is 6. The molecule has 1 N–H and O–H groups in total. The minimum Gasteiger partial charge on any atom is -0.507 e. The zero-order valence-electron chi connectivity index (χ0n) is 23.9. The minimum atomic E-state index is -0.798. The van der Waals surface area contributed by atoms with Crippen LogP contribution in [0.15, 0.2) is 67.8 Å². The van der Waals surface area contributed by atoms with Crippen molar-refractivity contribution in [1.29, 1.82) is 0 Å². The average molecular weight is 553 g/mol. The van der Waals surface area contributed by atoms with Crippen LogP contribution in [0, 0.1) is 0 Å². The van der Waals surface area contributed by atoms with E-state index in [1.807, 2.05) is 56.3 Å². The van der Waals surface area contributed by atoms with Gasteiger partial charge in [0.15, 0.2) is 5.79 Å². The summed E-state index contributed by atoms with van der Waals surface area (Å²) in [5.74, 6) is -0.473. The summed E-state index contributed by atoms with van der Waals surface area (Å²) >= 11 is 0. The van der Waals surface area contributed by atoms with Crippen LogP contribution >= 0.6 is 0 Å². The van der Waals surface area contributed by atoms with Crippen molar-refractivity contribution in [2.75, 3.05) is 14.2 Å². The second-order valence-electron chi connectivity index (χ2n) is 9.98. The van der Waals surface area contributed by atoms with E-state index >= 15 is 0 Å². The standard InChI is InChI=1S/C32H40O8/c1-8-11-27(37-20-22-14-16-24(35-6)17-15-22)30-28(39-32(4,5)40-30)13-10-12-21(3)38-31(34)29-23(9-2)18-25(36-7)19-26(29)33/h8-10,13-19,21,27-28,30,33H,1-2,11-12,20H2,3-7H3/b13-10-/t21-,27-,28-,30-/m0/s1. The summed E-state index contributed by atoms with van der Waals surface area (Å²) < 4.78 is 34.6. The lowest BCUT2D eigenvalue weighted by Gasteiger charge is -2.25. The maximum absolute atomic E-state index is 12.8. The summed E-state index contributed by atoms with van der Waals surface area (Å²) in [6.45, 7) is 13.5. The van der Waals surface area contributed by atoms with Crippen LogP contribution in [0.4, 0.5) is 0 Å². The van der Waals surface area contributed by atoms with Crippen molar-refractivity contribution in [2.45, 2.75) is 70.4 Å². The molecule has 0 spiro atoms. The lowest BCUT2D eigenvalue weighted by Crippen LogP contribution is -2.36. The summed E-state index contributed by atoms with van der Waals surface area (Å²) in [7, 11) is 3.11. The maximum Gasteiger partial charge on any atom is 0.342 e. The van der Waals surface area contributed by atoms with Crippen LogP contribution in [0.25, 0.3) is 6.08 Å². The summed E-state index contributed by atoms with van der Waals surface area (Å²) in [6, 6.07) is 10.7. The Balaban J connectivity index is 1.64. The molecule has 0 aromatic heterocycles. The lowest BCUT2D eigenvalue weighted by molar-refractivity contribution is -0.159. The van der Waals surface area contributed by atoms with E-state index in [4.69, 9.17) is 28.4 Å². The summed E-state index contributed by atoms with van der Waals surface area (Å²) in [5, 5.41) is 10.4. The van der Waals surface area contributed by atoms with Crippen molar-refractivity contribution < 1.29 is 38.3 Å². The van der Waals surface area contributed by atoms with E-state index in [2.05, 4.69) is 13.2 Å². The van der Waals surface area contributed by atoms with Crippen LogP contribution in [0.3, 0.4) is 0 Å². The molecule has 1 aliphatic rings. The van der Waals surface area contributed by atoms with Crippen molar-refractivity contribution >= 4 is 12.0 Å². The van der Waals surface area contributed by atoms with Crippen LogP contribution in [0.5, 0.6) is 17.2 Å². The lowest BCUT2D eigenvalue weighted by atomic mass is 10.0. The number of carbonyl (C=O) groups is 1. The van der Waals surface area contributed by atoms with E-state index in [1.165, 1.54) is 19.3 Å². The van der Waals surface area contributed by atoms with E-state index in [9.17, 15) is 9.90 Å². The number of methoxy groups -OCH3 is 2. The van der Waals surface area contributed by atoms with Gasteiger partial charge in [0.25, 0.3) is 0 Å². The average Bonchev–Trinajstić information content (AvgIpc) is 3.24. The van der Waals surface area contributed by atoms with Crippen molar-refractivity contribution in [3.63, 3.8) is 0 Å². The fraction of sp³-hybridized carbons (Fsp3) is 0.406. The molecule has 216 valence electrons. The monoisotopic (exact) mass is 552 g/mol. The van der Waals surface area contributed by atoms with Crippen LogP contribution in [0.2, 0.25) is 0 Å². The largest absolute Gasteiger partial charge is 0.507 e. The first-order valence-corrected chi connectivity index (χ1v) is 13.2. The molecular weight excluding hydrogens is 512 g/mol. The van der Waals surface area contributed by atoms with Gasteiger partial charge in [0.05, 0.1) is 26.9 Å². The molecule has 1 saturated heterocycles. The molecule has 8 nitrogen and oxygen atoms in total. The second kappa shape index (κ2) is 14.2. The predicted molar refractivity (Wildman–Crippen MR) is 154 cm³/mol. The molecule has 0 amide bonds. The van der Waals surface area contributed by atoms with Gasteiger partial charge < -0.3 is 33.5 Å². The zero-order chi connectivity index (χ0) is 29.3. The van der Waals surface area contributed by atoms with E-state index in [0.717, 1.165) is 11.3 Å². The first-order chi connectivity index (χ1) is 19.1. The topological polar surface area (TPSA) is 92.7 Å². The van der Waals surface area contributed by atoms with Crippen molar-refractivity contribution in [3.8, 4) is 17.2 Å². The first kappa shape index (κ1) is 30.9. The Labute approximate surface area is 236 Å². The molecule has 3 rings (SSSR count). The van der Waals surface area contributed by atoms with Crippen LogP contribution in [-0.4, -0.2) is 55.5 Å². The smallest absolute Gasteiger partial charge is 0.342 e. The van der Waals surface area contributed by atoms with E-state index in [0.29, 0.717) is 30.8 Å². The number of benzene rings is 2. The van der Waals surface area contributed by atoms with Gasteiger partial charge in [0.1, 0.15) is 41.1 Å². The molecule has 1 fully saturated rings. The van der Waals surface area contributed by atoms with Gasteiger partial charge in [-0.15, -0.1) is 6.58 Å². The van der Waals surface area contributed by atoms with Gasteiger partial charge in [0.2, 0.25) is 0 Å². The van der Waals surface area contributed by atoms with Gasteiger partial charge in [-0.25, -0.2) is 4.79 Å². The Bertz CT molecular complexity index is 1180. The molecule has 0 saturated carbocycles. The highest BCUT2D eigenvalue weighted by Crippen LogP contribution is 2.34. The molecule has 1 aliphatic heterocycles. The number of esters is 1. The van der Waals surface area contributed by atoms with Gasteiger partial charge in [-0.2, -0.15) is 0 Å². The van der Waals surface area contributed by atoms with Gasteiger partial charge in [0, 0.05) is 12.5 Å². The molecule has 8 heteroatoms. The number of aromatic hydroxyl groups is 1. The van der Waals surface area contributed by atoms with Crippen molar-refractivity contribution in [2.24, 2.45) is 0 Å². The van der Waals surface area contributed by atoms with Crippen LogP contribution < -0.4 is 9.47 Å². The van der Waals surface area contributed by atoms with Crippen molar-refractivity contribution in [3.05, 3.63) is 84.5 Å². The zero-order valence-corrected chi connectivity index (χ0v) is 23.9. The summed E-state index contributed by atoms with van der Waals surface area (Å²) in [4.78, 5) is 12.8. The molecule has 0 unspecified atom stereocenters. The fourth-order valence-corrected chi connectivity index (χ4v) is 4.46. The van der Waals surface area contributed by atoms with Gasteiger partial charge in [-0.3, -0.25) is 0 Å². The molecule has 1 heterocycles. The SMILES string of the molecule is C=CC[C@H](OCc1ccc(OC)cc1)[C@@H]1OC(C)(C)O[C@H]1/C=C\C[C@H](C)OC(=O)c1c(O)cc(OC)cc1C=C. The highest BCUT2D eigenvalue weighted by Gasteiger charge is 2.44. The Morgan fingerprint density at radius 1 is 1.07 bits per heavy atom. The number of hydrogen-bond donors (Lipinski definition) is 1. The third kappa shape index (κ3) is 8.21. The Kier molecular flexibility index (Phi) is 11.0. The predicted octanol–water partition coefficient (Wildman–Crippen LogP) is 6.23. The molecule has 0 bridgehead atoms. The number of phenolic OH excluding ortho intramolecular Hbond substituents is 1. The molecule has 2 aromatic carbocycles. The van der Waals surface area contributed by atoms with E-state index in [-0.39, 0.29) is 29.6 Å². The molecule has 2 aromatic rings. The molecular formula is C32H40O8. The third-order valence-corrected chi connectivity index (χ3v) is 6.44. The van der Waals surface area contributed by atoms with E-state index in [1.54, 1.807) is 20.1 Å². The van der Waals surface area contributed by atoms with Crippen LogP contribution in [-0.2, 0) is 25.6 Å². The van der Waals surface area contributed by atoms with Crippen molar-refractivity contribution in [1.82, 2.24) is 0 Å². The molecule has 4 atom stereocenters. The fourth-order valence-electron chi connectivity index (χ4n) is 4.46. The highest BCUT2D eigenvalue weighted by atomic mass is 16.8. The maximum atomic E-state index is 12.8. The molecule has 0 aliphatic carbocycles. The van der Waals surface area contributed by atoms with E-state index < -0.39 is 17.9 Å². The summed E-state index contributed by atoms with van der Waals surface area (Å²) in [5.41, 5.74) is 1.48. The molecule has 0 radical (unpaired) electrons. The van der Waals surface area contributed by atoms with Gasteiger partial charge in [-0.1, -0.05) is 43.0 Å². The van der Waals surface area contributed by atoms with Gasteiger partial charge in [-0.05, 0) is 56.5 Å². The Morgan fingerprint density at radius 3 is 2.40 bits per heavy atom. The number of hydrogen-bond acceptors (Lipinski definition) is 8. The molecule has 40 heavy (non-hydrogen) atoms. The Morgan fingerprint density at radius 2 is 1.77 bits per heavy atom. The third-order valence-electron chi connectivity index (χ3n) is 6.44.